The largest absolute Gasteiger partial charge is 0.492 e. The average molecular weight is 372 g/mol. The molecule has 2 unspecified atom stereocenters. The molecule has 3 aliphatic rings. The predicted molar refractivity (Wildman–Crippen MR) is 97.4 cm³/mol. The highest BCUT2D eigenvalue weighted by Gasteiger charge is 2.39. The monoisotopic (exact) mass is 371 g/mol. The summed E-state index contributed by atoms with van der Waals surface area (Å²) in [5, 5.41) is 3.62. The van der Waals surface area contributed by atoms with Crippen molar-refractivity contribution in [2.75, 3.05) is 19.4 Å². The Morgan fingerprint density at radius 3 is 2.71 bits per heavy atom. The Balaban J connectivity index is 0.00000169. The van der Waals surface area contributed by atoms with Crippen LogP contribution in [0.15, 0.2) is 6.07 Å². The highest BCUT2D eigenvalue weighted by atomic mass is 35.5. The van der Waals surface area contributed by atoms with Crippen molar-refractivity contribution in [2.24, 2.45) is 0 Å². The molecule has 7 heteroatoms. The normalized spacial score (nSPS) is 28.0. The van der Waals surface area contributed by atoms with E-state index >= 15 is 0 Å². The first-order valence-corrected chi connectivity index (χ1v) is 8.69. The second-order valence-electron chi connectivity index (χ2n) is 6.92. The number of halogens is 2. The van der Waals surface area contributed by atoms with Crippen LogP contribution in [0, 0.1) is 0 Å². The fourth-order valence-electron chi connectivity index (χ4n) is 4.33. The third-order valence-electron chi connectivity index (χ3n) is 5.65. The van der Waals surface area contributed by atoms with Crippen LogP contribution in [0.3, 0.4) is 0 Å². The van der Waals surface area contributed by atoms with E-state index in [1.54, 1.807) is 6.07 Å². The van der Waals surface area contributed by atoms with Gasteiger partial charge in [-0.05, 0) is 38.8 Å². The van der Waals surface area contributed by atoms with Crippen molar-refractivity contribution in [1.82, 2.24) is 10.2 Å². The molecule has 0 aromatic heterocycles. The van der Waals surface area contributed by atoms with Gasteiger partial charge in [-0.15, -0.1) is 12.4 Å². The van der Waals surface area contributed by atoms with Gasteiger partial charge >= 0.3 is 0 Å². The van der Waals surface area contributed by atoms with E-state index in [1.165, 1.54) is 12.8 Å². The van der Waals surface area contributed by atoms with Crippen molar-refractivity contribution in [2.45, 2.75) is 50.2 Å². The summed E-state index contributed by atoms with van der Waals surface area (Å²) in [7, 11) is 2.20. The summed E-state index contributed by atoms with van der Waals surface area (Å²) in [5.41, 5.74) is 7.92. The molecule has 3 heterocycles. The molecule has 0 radical (unpaired) electrons. The zero-order valence-electron chi connectivity index (χ0n) is 13.7. The summed E-state index contributed by atoms with van der Waals surface area (Å²) in [6, 6.07) is 3.05. The molecule has 5 nitrogen and oxygen atoms in total. The van der Waals surface area contributed by atoms with Crippen LogP contribution < -0.4 is 15.8 Å². The Hall–Kier alpha value is -1.17. The molecule has 0 aliphatic carbocycles. The van der Waals surface area contributed by atoms with Gasteiger partial charge in [0.05, 0.1) is 22.9 Å². The molecule has 3 aliphatic heterocycles. The van der Waals surface area contributed by atoms with Crippen LogP contribution in [-0.2, 0) is 6.42 Å². The Labute approximate surface area is 153 Å². The van der Waals surface area contributed by atoms with Gasteiger partial charge in [-0.25, -0.2) is 0 Å². The third-order valence-corrected chi connectivity index (χ3v) is 5.96. The fraction of sp³-hybridized carbons (Fsp3) is 0.588. The number of nitrogen functional groups attached to an aromatic ring is 1. The molecule has 1 aromatic rings. The van der Waals surface area contributed by atoms with E-state index in [1.807, 2.05) is 0 Å². The van der Waals surface area contributed by atoms with E-state index in [4.69, 9.17) is 22.1 Å². The van der Waals surface area contributed by atoms with Gasteiger partial charge < -0.3 is 20.7 Å². The Morgan fingerprint density at radius 2 is 2.04 bits per heavy atom. The molecule has 132 valence electrons. The number of nitrogens with one attached hydrogen (secondary N) is 1. The predicted octanol–water partition coefficient (Wildman–Crippen LogP) is 2.63. The number of hydrogen-bond acceptors (Lipinski definition) is 4. The number of carbonyl (C=O) groups is 1. The zero-order chi connectivity index (χ0) is 16.1. The summed E-state index contributed by atoms with van der Waals surface area (Å²) in [4.78, 5) is 15.2. The maximum atomic E-state index is 12.7. The van der Waals surface area contributed by atoms with E-state index in [9.17, 15) is 4.79 Å². The minimum absolute atomic E-state index is 0. The summed E-state index contributed by atoms with van der Waals surface area (Å²) >= 11 is 6.19. The first-order valence-electron chi connectivity index (χ1n) is 8.31. The number of fused-ring (bicyclic) bond motifs is 3. The van der Waals surface area contributed by atoms with Crippen LogP contribution in [-0.4, -0.2) is 42.6 Å². The number of ether oxygens (including phenoxy) is 1. The molecule has 2 saturated heterocycles. The van der Waals surface area contributed by atoms with Crippen molar-refractivity contribution >= 4 is 35.6 Å². The van der Waals surface area contributed by atoms with Crippen molar-refractivity contribution < 1.29 is 9.53 Å². The lowest BCUT2D eigenvalue weighted by molar-refractivity contribution is 0.0879. The smallest absolute Gasteiger partial charge is 0.255 e. The first-order chi connectivity index (χ1) is 11.0. The SMILES string of the molecule is CN1C2CCC1CC(NC(=O)c1cc(Cl)c(N)c3c1OCC3)C2.Cl. The molecule has 24 heavy (non-hydrogen) atoms. The minimum atomic E-state index is -0.0981. The summed E-state index contributed by atoms with van der Waals surface area (Å²) < 4.78 is 5.64. The summed E-state index contributed by atoms with van der Waals surface area (Å²) in [6.07, 6.45) is 5.22. The molecular formula is C17H23Cl2N3O2. The molecule has 3 N–H and O–H groups in total. The molecule has 4 rings (SSSR count). The number of anilines is 1. The van der Waals surface area contributed by atoms with Gasteiger partial charge in [0.1, 0.15) is 5.75 Å². The summed E-state index contributed by atoms with van der Waals surface area (Å²) in [5.74, 6) is 0.513. The Bertz CT molecular complexity index is 654. The van der Waals surface area contributed by atoms with Crippen LogP contribution in [0.25, 0.3) is 0 Å². The molecule has 2 fully saturated rings. The molecule has 1 amide bonds. The van der Waals surface area contributed by atoms with Crippen LogP contribution in [0.1, 0.15) is 41.6 Å². The number of nitrogens with zero attached hydrogens (tertiary/aromatic N) is 1. The second-order valence-corrected chi connectivity index (χ2v) is 7.33. The lowest BCUT2D eigenvalue weighted by Crippen LogP contribution is -2.48. The summed E-state index contributed by atoms with van der Waals surface area (Å²) in [6.45, 7) is 0.554. The van der Waals surface area contributed by atoms with Gasteiger partial charge in [-0.2, -0.15) is 0 Å². The van der Waals surface area contributed by atoms with Gasteiger partial charge in [0.15, 0.2) is 0 Å². The first kappa shape index (κ1) is 17.6. The third kappa shape index (κ3) is 2.83. The van der Waals surface area contributed by atoms with E-state index in [2.05, 4.69) is 17.3 Å². The molecule has 0 spiro atoms. The van der Waals surface area contributed by atoms with Crippen molar-refractivity contribution in [1.29, 1.82) is 0 Å². The Morgan fingerprint density at radius 1 is 1.38 bits per heavy atom. The van der Waals surface area contributed by atoms with Crippen LogP contribution in [0.2, 0.25) is 5.02 Å². The van der Waals surface area contributed by atoms with Crippen molar-refractivity contribution in [3.05, 3.63) is 22.2 Å². The number of rotatable bonds is 2. The highest BCUT2D eigenvalue weighted by Crippen LogP contribution is 2.39. The molecule has 0 saturated carbocycles. The van der Waals surface area contributed by atoms with E-state index < -0.39 is 0 Å². The van der Waals surface area contributed by atoms with Gasteiger partial charge in [-0.3, -0.25) is 4.79 Å². The maximum Gasteiger partial charge on any atom is 0.255 e. The number of hydrogen-bond donors (Lipinski definition) is 2. The Kier molecular flexibility index (Phi) is 4.87. The minimum Gasteiger partial charge on any atom is -0.492 e. The van der Waals surface area contributed by atoms with Gasteiger partial charge in [0.25, 0.3) is 5.91 Å². The van der Waals surface area contributed by atoms with Crippen molar-refractivity contribution in [3.63, 3.8) is 0 Å². The fourth-order valence-corrected chi connectivity index (χ4v) is 4.55. The van der Waals surface area contributed by atoms with Gasteiger partial charge in [0, 0.05) is 30.1 Å². The molecule has 1 aromatic carbocycles. The molecule has 2 atom stereocenters. The topological polar surface area (TPSA) is 67.6 Å². The quantitative estimate of drug-likeness (QED) is 0.784. The zero-order valence-corrected chi connectivity index (χ0v) is 15.3. The molecular weight excluding hydrogens is 349 g/mol. The lowest BCUT2D eigenvalue weighted by atomic mass is 9.97. The highest BCUT2D eigenvalue weighted by molar-refractivity contribution is 6.33. The van der Waals surface area contributed by atoms with Crippen molar-refractivity contribution in [3.8, 4) is 5.75 Å². The van der Waals surface area contributed by atoms with Gasteiger partial charge in [0.2, 0.25) is 0 Å². The number of piperidine rings is 1. The number of amides is 1. The van der Waals surface area contributed by atoms with Crippen LogP contribution >= 0.6 is 24.0 Å². The maximum absolute atomic E-state index is 12.7. The van der Waals surface area contributed by atoms with E-state index in [-0.39, 0.29) is 24.4 Å². The number of nitrogens with two attached hydrogens (primary N) is 1. The van der Waals surface area contributed by atoms with Crippen LogP contribution in [0.5, 0.6) is 5.75 Å². The second kappa shape index (κ2) is 6.62. The lowest BCUT2D eigenvalue weighted by Gasteiger charge is -2.36. The number of benzene rings is 1. The van der Waals surface area contributed by atoms with Crippen LogP contribution in [0.4, 0.5) is 5.69 Å². The van der Waals surface area contributed by atoms with E-state index in [0.717, 1.165) is 18.4 Å². The molecule has 2 bridgehead atoms. The average Bonchev–Trinajstić information content (AvgIpc) is 3.06. The standard InChI is InChI=1S/C17H22ClN3O2.ClH/c1-21-10-2-3-11(21)7-9(6-10)20-17(22)13-8-14(18)15(19)12-4-5-23-16(12)13;/h8-11H,2-7,19H2,1H3,(H,20,22);1H. The van der Waals surface area contributed by atoms with Gasteiger partial charge in [-0.1, -0.05) is 11.6 Å². The van der Waals surface area contributed by atoms with E-state index in [0.29, 0.717) is 47.1 Å². The number of carbonyl (C=O) groups excluding carboxylic acids is 1.